The molecular weight excluding hydrogens is 214 g/mol. The van der Waals surface area contributed by atoms with Gasteiger partial charge in [0.1, 0.15) is 0 Å². The topological polar surface area (TPSA) is 3.24 Å². The number of thioether (sulfide) groups is 1. The summed E-state index contributed by atoms with van der Waals surface area (Å²) in [5.74, 6) is 2.07. The molecule has 1 nitrogen and oxygen atoms in total. The summed E-state index contributed by atoms with van der Waals surface area (Å²) in [5.41, 5.74) is 0. The molecule has 0 aromatic heterocycles. The van der Waals surface area contributed by atoms with E-state index in [1.807, 2.05) is 11.8 Å². The fraction of sp³-hybridized carbons (Fsp3) is 1.00. The smallest absolute Gasteiger partial charge is 0.0351 e. The Kier molecular flexibility index (Phi) is 7.09. The Labute approximate surface area is 97.6 Å². The largest absolute Gasteiger partial charge is 0.299 e. The van der Waals surface area contributed by atoms with E-state index in [0.29, 0.717) is 0 Å². The van der Waals surface area contributed by atoms with E-state index < -0.39 is 0 Å². The monoisotopic (exact) mass is 235 g/mol. The van der Waals surface area contributed by atoms with Gasteiger partial charge in [-0.3, -0.25) is 4.90 Å². The quantitative estimate of drug-likeness (QED) is 0.493. The molecule has 0 spiro atoms. The van der Waals surface area contributed by atoms with Crippen LogP contribution in [0.4, 0.5) is 0 Å². The minimum atomic E-state index is 0.787. The molecule has 3 heteroatoms. The minimum Gasteiger partial charge on any atom is -0.299 e. The summed E-state index contributed by atoms with van der Waals surface area (Å²) in [6.45, 7) is 2.33. The highest BCUT2D eigenvalue weighted by Crippen LogP contribution is 2.23. The molecule has 84 valence electrons. The first-order valence-electron chi connectivity index (χ1n) is 5.67. The van der Waals surface area contributed by atoms with E-state index in [0.717, 1.165) is 18.5 Å². The van der Waals surface area contributed by atoms with Crippen molar-refractivity contribution in [3.8, 4) is 0 Å². The van der Waals surface area contributed by atoms with Gasteiger partial charge in [-0.2, -0.15) is 11.8 Å². The lowest BCUT2D eigenvalue weighted by atomic mass is 10.2. The van der Waals surface area contributed by atoms with Gasteiger partial charge in [-0.1, -0.05) is 12.8 Å². The van der Waals surface area contributed by atoms with Crippen molar-refractivity contribution >= 4 is 23.4 Å². The van der Waals surface area contributed by atoms with Gasteiger partial charge in [0.05, 0.1) is 0 Å². The maximum Gasteiger partial charge on any atom is 0.0351 e. The predicted molar refractivity (Wildman–Crippen MR) is 67.5 cm³/mol. The normalized spacial score (nSPS) is 18.2. The standard InChI is InChI=1S/C11H22ClNS/c1-14-10-4-8-13(9-7-12)11-5-2-3-6-11/h11H,2-10H2,1H3. The van der Waals surface area contributed by atoms with Gasteiger partial charge >= 0.3 is 0 Å². The SMILES string of the molecule is CSCCCN(CCCl)C1CCCC1. The van der Waals surface area contributed by atoms with Crippen LogP contribution in [-0.4, -0.2) is 41.9 Å². The Bertz CT molecular complexity index is 137. The van der Waals surface area contributed by atoms with Crippen molar-refractivity contribution in [2.75, 3.05) is 31.0 Å². The molecule has 1 rings (SSSR count). The number of nitrogens with zero attached hydrogens (tertiary/aromatic N) is 1. The zero-order chi connectivity index (χ0) is 10.2. The maximum absolute atomic E-state index is 5.84. The van der Waals surface area contributed by atoms with E-state index in [-0.39, 0.29) is 0 Å². The van der Waals surface area contributed by atoms with Crippen LogP contribution < -0.4 is 0 Å². The van der Waals surface area contributed by atoms with Gasteiger partial charge < -0.3 is 0 Å². The molecule has 0 unspecified atom stereocenters. The predicted octanol–water partition coefficient (Wildman–Crippen LogP) is 3.22. The first kappa shape index (κ1) is 12.7. The zero-order valence-corrected chi connectivity index (χ0v) is 10.7. The molecule has 0 aromatic carbocycles. The van der Waals surface area contributed by atoms with E-state index in [1.54, 1.807) is 0 Å². The molecule has 0 aliphatic heterocycles. The zero-order valence-electron chi connectivity index (χ0n) is 9.17. The first-order valence-corrected chi connectivity index (χ1v) is 7.60. The third-order valence-corrected chi connectivity index (χ3v) is 3.87. The number of rotatable bonds is 7. The van der Waals surface area contributed by atoms with Crippen molar-refractivity contribution in [2.45, 2.75) is 38.1 Å². The molecule has 0 bridgehead atoms. The Morgan fingerprint density at radius 3 is 2.57 bits per heavy atom. The summed E-state index contributed by atoms with van der Waals surface area (Å²) < 4.78 is 0. The van der Waals surface area contributed by atoms with Crippen LogP contribution in [0.3, 0.4) is 0 Å². The summed E-state index contributed by atoms with van der Waals surface area (Å²) >= 11 is 7.79. The molecule has 1 aliphatic carbocycles. The van der Waals surface area contributed by atoms with E-state index >= 15 is 0 Å². The van der Waals surface area contributed by atoms with Crippen LogP contribution in [0.25, 0.3) is 0 Å². The molecule has 1 fully saturated rings. The van der Waals surface area contributed by atoms with Crippen LogP contribution in [0.2, 0.25) is 0 Å². The van der Waals surface area contributed by atoms with E-state index in [4.69, 9.17) is 11.6 Å². The van der Waals surface area contributed by atoms with E-state index in [1.165, 1.54) is 44.4 Å². The van der Waals surface area contributed by atoms with Crippen molar-refractivity contribution < 1.29 is 0 Å². The van der Waals surface area contributed by atoms with Gasteiger partial charge in [-0.25, -0.2) is 0 Å². The fourth-order valence-electron chi connectivity index (χ4n) is 2.27. The third kappa shape index (κ3) is 4.41. The van der Waals surface area contributed by atoms with Crippen LogP contribution in [0.5, 0.6) is 0 Å². The molecule has 0 atom stereocenters. The molecule has 0 heterocycles. The summed E-state index contributed by atoms with van der Waals surface area (Å²) in [7, 11) is 0. The molecular formula is C11H22ClNS. The molecule has 1 aliphatic rings. The van der Waals surface area contributed by atoms with Crippen molar-refractivity contribution in [3.05, 3.63) is 0 Å². The van der Waals surface area contributed by atoms with Gasteiger partial charge in [0.15, 0.2) is 0 Å². The molecule has 1 saturated carbocycles. The second-order valence-corrected chi connectivity index (χ2v) is 5.37. The highest BCUT2D eigenvalue weighted by Gasteiger charge is 2.21. The number of hydrogen-bond donors (Lipinski definition) is 0. The molecule has 0 amide bonds. The molecule has 0 N–H and O–H groups in total. The van der Waals surface area contributed by atoms with Gasteiger partial charge in [0, 0.05) is 18.5 Å². The lowest BCUT2D eigenvalue weighted by Crippen LogP contribution is -2.35. The fourth-order valence-corrected chi connectivity index (χ4v) is 2.90. The lowest BCUT2D eigenvalue weighted by Gasteiger charge is -2.27. The van der Waals surface area contributed by atoms with Crippen molar-refractivity contribution in [2.24, 2.45) is 0 Å². The Balaban J connectivity index is 2.22. The van der Waals surface area contributed by atoms with Crippen LogP contribution in [0.15, 0.2) is 0 Å². The second-order valence-electron chi connectivity index (χ2n) is 4.01. The number of alkyl halides is 1. The van der Waals surface area contributed by atoms with Gasteiger partial charge in [0.2, 0.25) is 0 Å². The van der Waals surface area contributed by atoms with Crippen molar-refractivity contribution in [3.63, 3.8) is 0 Å². The summed E-state index contributed by atoms with van der Waals surface area (Å²) in [5, 5.41) is 0. The van der Waals surface area contributed by atoms with E-state index in [9.17, 15) is 0 Å². The van der Waals surface area contributed by atoms with Gasteiger partial charge in [0.25, 0.3) is 0 Å². The van der Waals surface area contributed by atoms with Crippen LogP contribution in [0.1, 0.15) is 32.1 Å². The summed E-state index contributed by atoms with van der Waals surface area (Å²) in [6.07, 6.45) is 9.14. The van der Waals surface area contributed by atoms with E-state index in [2.05, 4.69) is 11.2 Å². The highest BCUT2D eigenvalue weighted by atomic mass is 35.5. The Morgan fingerprint density at radius 2 is 2.00 bits per heavy atom. The van der Waals surface area contributed by atoms with Gasteiger partial charge in [-0.15, -0.1) is 11.6 Å². The minimum absolute atomic E-state index is 0.787. The Morgan fingerprint density at radius 1 is 1.29 bits per heavy atom. The second kappa shape index (κ2) is 7.84. The number of hydrogen-bond acceptors (Lipinski definition) is 2. The van der Waals surface area contributed by atoms with Crippen LogP contribution in [0, 0.1) is 0 Å². The first-order chi connectivity index (χ1) is 6.88. The summed E-state index contributed by atoms with van der Waals surface area (Å²) in [6, 6.07) is 0.843. The number of halogens is 1. The average molecular weight is 236 g/mol. The molecule has 14 heavy (non-hydrogen) atoms. The van der Waals surface area contributed by atoms with Crippen LogP contribution in [-0.2, 0) is 0 Å². The Hall–Kier alpha value is 0.600. The molecule has 0 radical (unpaired) electrons. The maximum atomic E-state index is 5.84. The van der Waals surface area contributed by atoms with Crippen molar-refractivity contribution in [1.29, 1.82) is 0 Å². The third-order valence-electron chi connectivity index (χ3n) is 3.01. The van der Waals surface area contributed by atoms with Crippen molar-refractivity contribution in [1.82, 2.24) is 4.90 Å². The lowest BCUT2D eigenvalue weighted by molar-refractivity contribution is 0.211. The van der Waals surface area contributed by atoms with Gasteiger partial charge in [-0.05, 0) is 37.8 Å². The summed E-state index contributed by atoms with van der Waals surface area (Å²) in [4.78, 5) is 2.61. The molecule has 0 saturated heterocycles. The van der Waals surface area contributed by atoms with Crippen LogP contribution >= 0.6 is 23.4 Å². The highest BCUT2D eigenvalue weighted by molar-refractivity contribution is 7.98. The average Bonchev–Trinajstić information content (AvgIpc) is 2.70. The molecule has 0 aromatic rings.